The summed E-state index contributed by atoms with van der Waals surface area (Å²) in [5.74, 6) is 0.341. The van der Waals surface area contributed by atoms with Crippen LogP contribution in [0.3, 0.4) is 0 Å². The van der Waals surface area contributed by atoms with Gasteiger partial charge in [-0.15, -0.1) is 0 Å². The van der Waals surface area contributed by atoms with Crippen molar-refractivity contribution >= 4 is 33.3 Å². The summed E-state index contributed by atoms with van der Waals surface area (Å²) in [6.07, 6.45) is 5.41. The Morgan fingerprint density at radius 1 is 1.10 bits per heavy atom. The van der Waals surface area contributed by atoms with Crippen LogP contribution >= 0.6 is 11.6 Å². The first kappa shape index (κ1) is 20.1. The molecule has 0 aliphatic heterocycles. The van der Waals surface area contributed by atoms with E-state index in [1.54, 1.807) is 13.0 Å². The molecule has 0 unspecified atom stereocenters. The Balaban J connectivity index is 1.64. The molecule has 4 aromatic rings. The summed E-state index contributed by atoms with van der Waals surface area (Å²) in [5, 5.41) is 8.71. The second kappa shape index (κ2) is 7.91. The average Bonchev–Trinajstić information content (AvgIpc) is 3.21. The molecule has 0 saturated heterocycles. The van der Waals surface area contributed by atoms with Crippen molar-refractivity contribution in [2.75, 3.05) is 5.32 Å². The number of halogens is 1. The molecule has 2 heterocycles. The van der Waals surface area contributed by atoms with Gasteiger partial charge < -0.3 is 9.88 Å². The van der Waals surface area contributed by atoms with E-state index in [4.69, 9.17) is 16.7 Å². The normalized spacial score (nSPS) is 11.4. The van der Waals surface area contributed by atoms with E-state index in [9.17, 15) is 8.42 Å². The third-order valence-corrected chi connectivity index (χ3v) is 5.73. The van der Waals surface area contributed by atoms with Crippen molar-refractivity contribution in [3.63, 3.8) is 0 Å². The van der Waals surface area contributed by atoms with E-state index in [0.717, 1.165) is 11.3 Å². The maximum atomic E-state index is 11.5. The van der Waals surface area contributed by atoms with Crippen LogP contribution in [-0.2, 0) is 10.0 Å². The second-order valence-corrected chi connectivity index (χ2v) is 8.65. The highest BCUT2D eigenvalue weighted by molar-refractivity contribution is 7.89. The van der Waals surface area contributed by atoms with Crippen LogP contribution in [-0.4, -0.2) is 23.0 Å². The average molecular weight is 440 g/mol. The monoisotopic (exact) mass is 439 g/mol. The molecule has 4 rings (SSSR count). The maximum absolute atomic E-state index is 11.5. The third-order valence-electron chi connectivity index (χ3n) is 4.54. The molecule has 3 N–H and O–H groups in total. The molecule has 0 fully saturated rings. The van der Waals surface area contributed by atoms with Gasteiger partial charge >= 0.3 is 0 Å². The molecule has 2 aromatic carbocycles. The summed E-state index contributed by atoms with van der Waals surface area (Å²) in [4.78, 5) is 8.83. The van der Waals surface area contributed by atoms with Crippen molar-refractivity contribution in [1.82, 2.24) is 14.5 Å². The van der Waals surface area contributed by atoms with Gasteiger partial charge in [-0.05, 0) is 48.9 Å². The number of primary sulfonamides is 1. The molecule has 0 spiro atoms. The minimum absolute atomic E-state index is 0.0468. The third kappa shape index (κ3) is 4.20. The Kier molecular flexibility index (Phi) is 5.29. The lowest BCUT2D eigenvalue weighted by atomic mass is 10.2. The van der Waals surface area contributed by atoms with E-state index in [0.29, 0.717) is 27.9 Å². The highest BCUT2D eigenvalue weighted by Gasteiger charge is 2.13. The number of nitrogens with two attached hydrogens (primary N) is 1. The van der Waals surface area contributed by atoms with Crippen LogP contribution in [0.1, 0.15) is 5.56 Å². The minimum Gasteiger partial charge on any atom is -0.324 e. The zero-order valence-corrected chi connectivity index (χ0v) is 17.5. The van der Waals surface area contributed by atoms with E-state index < -0.39 is 10.0 Å². The van der Waals surface area contributed by atoms with Crippen LogP contribution < -0.4 is 10.5 Å². The van der Waals surface area contributed by atoms with Crippen molar-refractivity contribution in [2.24, 2.45) is 5.14 Å². The van der Waals surface area contributed by atoms with E-state index in [1.165, 1.54) is 18.3 Å². The number of nitrogens with one attached hydrogen (secondary N) is 1. The SMILES string of the molecule is Cc1cc(S(N)(=O)=O)ccc1Nc1ncc(Cl)c(-c2ccn(-c3ccccc3)c2)n1. The second-order valence-electron chi connectivity index (χ2n) is 6.68. The first-order valence-corrected chi connectivity index (χ1v) is 10.9. The zero-order chi connectivity index (χ0) is 21.3. The summed E-state index contributed by atoms with van der Waals surface area (Å²) in [6, 6.07) is 16.4. The molecule has 30 heavy (non-hydrogen) atoms. The summed E-state index contributed by atoms with van der Waals surface area (Å²) in [6.45, 7) is 1.77. The van der Waals surface area contributed by atoms with Crippen LogP contribution in [0.25, 0.3) is 16.9 Å². The zero-order valence-electron chi connectivity index (χ0n) is 15.9. The number of rotatable bonds is 5. The predicted octanol–water partition coefficient (Wildman–Crippen LogP) is 4.29. The summed E-state index contributed by atoms with van der Waals surface area (Å²) < 4.78 is 25.0. The molecule has 0 bridgehead atoms. The van der Waals surface area contributed by atoms with Gasteiger partial charge in [0.1, 0.15) is 0 Å². The van der Waals surface area contributed by atoms with Gasteiger partial charge in [0.25, 0.3) is 0 Å². The predicted molar refractivity (Wildman–Crippen MR) is 118 cm³/mol. The fourth-order valence-electron chi connectivity index (χ4n) is 3.00. The van der Waals surface area contributed by atoms with Crippen molar-refractivity contribution in [2.45, 2.75) is 11.8 Å². The molecule has 0 atom stereocenters. The van der Waals surface area contributed by atoms with Crippen LogP contribution in [0.2, 0.25) is 5.02 Å². The molecule has 0 radical (unpaired) electrons. The quantitative estimate of drug-likeness (QED) is 0.483. The molecular formula is C21H18ClN5O2S. The van der Waals surface area contributed by atoms with Gasteiger partial charge in [-0.1, -0.05) is 29.8 Å². The number of sulfonamides is 1. The van der Waals surface area contributed by atoms with Gasteiger partial charge in [-0.3, -0.25) is 0 Å². The van der Waals surface area contributed by atoms with Crippen LogP contribution in [0, 0.1) is 6.92 Å². The number of hydrogen-bond donors (Lipinski definition) is 2. The lowest BCUT2D eigenvalue weighted by Gasteiger charge is -2.11. The summed E-state index contributed by atoms with van der Waals surface area (Å²) >= 11 is 6.35. The number of aryl methyl sites for hydroxylation is 1. The topological polar surface area (TPSA) is 103 Å². The smallest absolute Gasteiger partial charge is 0.238 e. The number of aromatic nitrogens is 3. The molecule has 0 aliphatic carbocycles. The van der Waals surface area contributed by atoms with Gasteiger partial charge in [-0.2, -0.15) is 0 Å². The number of nitrogens with zero attached hydrogens (tertiary/aromatic N) is 3. The van der Waals surface area contributed by atoms with Gasteiger partial charge in [0, 0.05) is 29.3 Å². The largest absolute Gasteiger partial charge is 0.324 e. The summed E-state index contributed by atoms with van der Waals surface area (Å²) in [5.41, 5.74) is 3.81. The molecule has 2 aromatic heterocycles. The van der Waals surface area contributed by atoms with E-state index >= 15 is 0 Å². The van der Waals surface area contributed by atoms with Gasteiger partial charge in [0.05, 0.1) is 21.8 Å². The Hall–Kier alpha value is -3.20. The van der Waals surface area contributed by atoms with Crippen LogP contribution in [0.15, 0.2) is 78.1 Å². The van der Waals surface area contributed by atoms with E-state index in [1.807, 2.05) is 53.4 Å². The first-order chi connectivity index (χ1) is 14.3. The van der Waals surface area contributed by atoms with Crippen molar-refractivity contribution in [3.8, 4) is 16.9 Å². The fourth-order valence-corrected chi connectivity index (χ4v) is 3.80. The molecular weight excluding hydrogens is 422 g/mol. The Bertz CT molecular complexity index is 1320. The number of anilines is 2. The van der Waals surface area contributed by atoms with Crippen molar-refractivity contribution in [1.29, 1.82) is 0 Å². The Morgan fingerprint density at radius 3 is 2.57 bits per heavy atom. The summed E-state index contributed by atoms with van der Waals surface area (Å²) in [7, 11) is -3.76. The minimum atomic E-state index is -3.76. The molecule has 7 nitrogen and oxygen atoms in total. The standard InChI is InChI=1S/C21H18ClN5O2S/c1-14-11-17(30(23,28)29)7-8-19(14)25-21-24-12-18(22)20(26-21)15-9-10-27(13-15)16-5-3-2-4-6-16/h2-13H,1H3,(H2,23,28,29)(H,24,25,26). The highest BCUT2D eigenvalue weighted by Crippen LogP contribution is 2.29. The maximum Gasteiger partial charge on any atom is 0.238 e. The Labute approximate surface area is 179 Å². The van der Waals surface area contributed by atoms with Gasteiger partial charge in [-0.25, -0.2) is 23.5 Å². The van der Waals surface area contributed by atoms with Crippen molar-refractivity contribution < 1.29 is 8.42 Å². The molecule has 0 amide bonds. The Morgan fingerprint density at radius 2 is 1.87 bits per heavy atom. The highest BCUT2D eigenvalue weighted by atomic mass is 35.5. The lowest BCUT2D eigenvalue weighted by molar-refractivity contribution is 0.597. The fraction of sp³-hybridized carbons (Fsp3) is 0.0476. The number of hydrogen-bond acceptors (Lipinski definition) is 5. The number of para-hydroxylation sites is 1. The van der Waals surface area contributed by atoms with E-state index in [-0.39, 0.29) is 4.90 Å². The molecule has 0 aliphatic rings. The molecule has 9 heteroatoms. The number of benzene rings is 2. The van der Waals surface area contributed by atoms with Crippen LogP contribution in [0.4, 0.5) is 11.6 Å². The van der Waals surface area contributed by atoms with Crippen molar-refractivity contribution in [3.05, 3.63) is 83.8 Å². The molecule has 0 saturated carbocycles. The molecule has 152 valence electrons. The van der Waals surface area contributed by atoms with E-state index in [2.05, 4.69) is 15.3 Å². The lowest BCUT2D eigenvalue weighted by Crippen LogP contribution is -2.12. The first-order valence-electron chi connectivity index (χ1n) is 8.98. The van der Waals surface area contributed by atoms with Gasteiger partial charge in [0.2, 0.25) is 16.0 Å². The van der Waals surface area contributed by atoms with Crippen LogP contribution in [0.5, 0.6) is 0 Å². The van der Waals surface area contributed by atoms with Gasteiger partial charge in [0.15, 0.2) is 0 Å².